The predicted molar refractivity (Wildman–Crippen MR) is 88.7 cm³/mol. The Morgan fingerprint density at radius 3 is 2.57 bits per heavy atom. The average Bonchev–Trinajstić information content (AvgIpc) is 2.80. The summed E-state index contributed by atoms with van der Waals surface area (Å²) in [6.07, 6.45) is 0. The summed E-state index contributed by atoms with van der Waals surface area (Å²) in [6.45, 7) is 6.24. The maximum absolute atomic E-state index is 6.01. The molecule has 0 bridgehead atoms. The third-order valence-corrected chi connectivity index (χ3v) is 3.74. The van der Waals surface area contributed by atoms with Gasteiger partial charge in [-0.05, 0) is 40.2 Å². The normalized spacial score (nSPS) is 12.0. The van der Waals surface area contributed by atoms with Gasteiger partial charge in [0.2, 0.25) is 0 Å². The topological polar surface area (TPSA) is 38.9 Å². The van der Waals surface area contributed by atoms with Gasteiger partial charge in [-0.3, -0.25) is 0 Å². The van der Waals surface area contributed by atoms with Crippen molar-refractivity contribution in [3.63, 3.8) is 0 Å². The molecule has 0 aliphatic rings. The van der Waals surface area contributed by atoms with Crippen LogP contribution in [0.15, 0.2) is 39.4 Å². The first-order chi connectivity index (χ1) is 9.83. The second-order valence-corrected chi connectivity index (χ2v) is 7.19. The molecule has 21 heavy (non-hydrogen) atoms. The Balaban J connectivity index is 2.16. The van der Waals surface area contributed by atoms with Crippen molar-refractivity contribution in [2.75, 3.05) is 0 Å². The second kappa shape index (κ2) is 5.11. The number of benzene rings is 1. The summed E-state index contributed by atoms with van der Waals surface area (Å²) in [5, 5.41) is 1.65. The largest absolute Gasteiger partial charge is 0.454 e. The number of aromatic nitrogens is 2. The van der Waals surface area contributed by atoms with Crippen LogP contribution in [0.3, 0.4) is 0 Å². The number of hydrogen-bond acceptors (Lipinski definition) is 3. The average molecular weight is 366 g/mol. The van der Waals surface area contributed by atoms with Gasteiger partial charge in [0.1, 0.15) is 21.7 Å². The summed E-state index contributed by atoms with van der Waals surface area (Å²) >= 11 is 9.45. The van der Waals surface area contributed by atoms with Crippen LogP contribution >= 0.6 is 27.5 Å². The number of hydrogen-bond donors (Lipinski definition) is 0. The fourth-order valence-corrected chi connectivity index (χ4v) is 2.59. The van der Waals surface area contributed by atoms with Gasteiger partial charge in [0.25, 0.3) is 0 Å². The Kier molecular flexibility index (Phi) is 3.54. The minimum Gasteiger partial charge on any atom is -0.454 e. The van der Waals surface area contributed by atoms with Crippen molar-refractivity contribution in [3.8, 4) is 11.5 Å². The van der Waals surface area contributed by atoms with Gasteiger partial charge in [0, 0.05) is 21.9 Å². The van der Waals surface area contributed by atoms with Crippen molar-refractivity contribution in [1.82, 2.24) is 9.97 Å². The van der Waals surface area contributed by atoms with Crippen LogP contribution in [0.1, 0.15) is 26.6 Å². The molecule has 0 saturated carbocycles. The molecule has 2 heterocycles. The van der Waals surface area contributed by atoms with E-state index in [1.54, 1.807) is 0 Å². The van der Waals surface area contributed by atoms with Crippen LogP contribution in [0.25, 0.3) is 22.4 Å². The summed E-state index contributed by atoms with van der Waals surface area (Å²) in [5.41, 5.74) is 1.42. The van der Waals surface area contributed by atoms with Crippen molar-refractivity contribution in [3.05, 3.63) is 45.8 Å². The monoisotopic (exact) mass is 364 g/mol. The van der Waals surface area contributed by atoms with E-state index in [9.17, 15) is 0 Å². The van der Waals surface area contributed by atoms with E-state index in [4.69, 9.17) is 16.0 Å². The molecule has 3 rings (SSSR count). The molecular weight excluding hydrogens is 352 g/mol. The Bertz CT molecular complexity index is 821. The van der Waals surface area contributed by atoms with Crippen LogP contribution in [0, 0.1) is 0 Å². The van der Waals surface area contributed by atoms with Crippen molar-refractivity contribution in [2.24, 2.45) is 0 Å². The quantitative estimate of drug-likeness (QED) is 0.527. The molecule has 0 amide bonds. The highest BCUT2D eigenvalue weighted by atomic mass is 79.9. The molecule has 108 valence electrons. The van der Waals surface area contributed by atoms with Crippen LogP contribution in [0.2, 0.25) is 5.02 Å². The summed E-state index contributed by atoms with van der Waals surface area (Å²) in [7, 11) is 0. The summed E-state index contributed by atoms with van der Waals surface area (Å²) < 4.78 is 6.61. The van der Waals surface area contributed by atoms with Gasteiger partial charge in [-0.15, -0.1) is 0 Å². The van der Waals surface area contributed by atoms with Gasteiger partial charge in [0.05, 0.1) is 0 Å². The van der Waals surface area contributed by atoms with Crippen LogP contribution in [-0.2, 0) is 5.41 Å². The van der Waals surface area contributed by atoms with Crippen molar-refractivity contribution < 1.29 is 4.42 Å². The van der Waals surface area contributed by atoms with Crippen LogP contribution < -0.4 is 0 Å². The fraction of sp³-hybridized carbons (Fsp3) is 0.250. The number of halogens is 2. The standard InChI is InChI=1S/C16H14BrClN2O/c1-16(2,3)15-19-11(8-14(17)20-15)13-7-9-6-10(18)4-5-12(9)21-13/h4-8H,1-3H3. The number of rotatable bonds is 1. The fourth-order valence-electron chi connectivity index (χ4n) is 2.02. The third kappa shape index (κ3) is 2.97. The van der Waals surface area contributed by atoms with Crippen molar-refractivity contribution in [1.29, 1.82) is 0 Å². The first kappa shape index (κ1) is 14.5. The molecular formula is C16H14BrClN2O. The first-order valence-electron chi connectivity index (χ1n) is 6.57. The summed E-state index contributed by atoms with van der Waals surface area (Å²) in [4.78, 5) is 9.07. The second-order valence-electron chi connectivity index (χ2n) is 5.94. The lowest BCUT2D eigenvalue weighted by atomic mass is 9.95. The first-order valence-corrected chi connectivity index (χ1v) is 7.74. The van der Waals surface area contributed by atoms with E-state index < -0.39 is 0 Å². The van der Waals surface area contributed by atoms with E-state index >= 15 is 0 Å². The third-order valence-electron chi connectivity index (χ3n) is 3.10. The molecule has 0 unspecified atom stereocenters. The maximum Gasteiger partial charge on any atom is 0.153 e. The van der Waals surface area contributed by atoms with Gasteiger partial charge in [-0.25, -0.2) is 9.97 Å². The van der Waals surface area contributed by atoms with Crippen LogP contribution in [-0.4, -0.2) is 9.97 Å². The van der Waals surface area contributed by atoms with Gasteiger partial charge in [-0.1, -0.05) is 32.4 Å². The van der Waals surface area contributed by atoms with E-state index in [1.165, 1.54) is 0 Å². The smallest absolute Gasteiger partial charge is 0.153 e. The Labute approximate surface area is 136 Å². The zero-order valence-corrected chi connectivity index (χ0v) is 14.3. The van der Waals surface area contributed by atoms with Crippen LogP contribution in [0.4, 0.5) is 0 Å². The SMILES string of the molecule is CC(C)(C)c1nc(Br)cc(-c2cc3cc(Cl)ccc3o2)n1. The highest BCUT2D eigenvalue weighted by molar-refractivity contribution is 9.10. The minimum atomic E-state index is -0.131. The zero-order valence-electron chi connectivity index (χ0n) is 11.9. The molecule has 0 fully saturated rings. The van der Waals surface area contributed by atoms with Crippen molar-refractivity contribution >= 4 is 38.5 Å². The summed E-state index contributed by atoms with van der Waals surface area (Å²) in [6, 6.07) is 9.36. The minimum absolute atomic E-state index is 0.131. The Morgan fingerprint density at radius 1 is 1.10 bits per heavy atom. The summed E-state index contributed by atoms with van der Waals surface area (Å²) in [5.74, 6) is 1.48. The van der Waals surface area contributed by atoms with Crippen molar-refractivity contribution in [2.45, 2.75) is 26.2 Å². The van der Waals surface area contributed by atoms with E-state index in [0.717, 1.165) is 27.1 Å². The Morgan fingerprint density at radius 2 is 1.86 bits per heavy atom. The number of furan rings is 1. The molecule has 3 nitrogen and oxygen atoms in total. The number of fused-ring (bicyclic) bond motifs is 1. The van der Waals surface area contributed by atoms with Gasteiger partial charge < -0.3 is 4.42 Å². The highest BCUT2D eigenvalue weighted by Gasteiger charge is 2.20. The number of nitrogens with zero attached hydrogens (tertiary/aromatic N) is 2. The lowest BCUT2D eigenvalue weighted by molar-refractivity contribution is 0.542. The van der Waals surface area contributed by atoms with Gasteiger partial charge in [0.15, 0.2) is 5.76 Å². The molecule has 2 aromatic heterocycles. The molecule has 0 aliphatic heterocycles. The molecule has 3 aromatic rings. The molecule has 0 saturated heterocycles. The molecule has 1 aromatic carbocycles. The molecule has 0 N–H and O–H groups in total. The lowest BCUT2D eigenvalue weighted by Gasteiger charge is -2.17. The molecule has 5 heteroatoms. The molecule has 0 spiro atoms. The maximum atomic E-state index is 6.01. The van der Waals surface area contributed by atoms with Crippen LogP contribution in [0.5, 0.6) is 0 Å². The molecule has 0 aliphatic carbocycles. The highest BCUT2D eigenvalue weighted by Crippen LogP contribution is 2.31. The zero-order chi connectivity index (χ0) is 15.2. The van der Waals surface area contributed by atoms with Gasteiger partial charge in [-0.2, -0.15) is 0 Å². The van der Waals surface area contributed by atoms with E-state index in [-0.39, 0.29) is 5.41 Å². The predicted octanol–water partition coefficient (Wildman–Crippen LogP) is 5.60. The Hall–Kier alpha value is -1.39. The van der Waals surface area contributed by atoms with Gasteiger partial charge >= 0.3 is 0 Å². The van der Waals surface area contributed by atoms with E-state index in [0.29, 0.717) is 10.8 Å². The molecule has 0 radical (unpaired) electrons. The van der Waals surface area contributed by atoms with E-state index in [2.05, 4.69) is 46.7 Å². The lowest BCUT2D eigenvalue weighted by Crippen LogP contribution is -2.16. The molecule has 0 atom stereocenters. The van der Waals surface area contributed by atoms with E-state index in [1.807, 2.05) is 30.3 Å².